The fourth-order valence-corrected chi connectivity index (χ4v) is 4.90. The van der Waals surface area contributed by atoms with Crippen molar-refractivity contribution in [2.24, 2.45) is 0 Å². The first-order valence-corrected chi connectivity index (χ1v) is 11.5. The molecule has 0 atom stereocenters. The lowest BCUT2D eigenvalue weighted by atomic mass is 10.2. The molecule has 1 saturated heterocycles. The summed E-state index contributed by atoms with van der Waals surface area (Å²) in [5.41, 5.74) is 1.10. The molecule has 3 fully saturated rings. The highest BCUT2D eigenvalue weighted by Gasteiger charge is 2.36. The van der Waals surface area contributed by atoms with E-state index in [9.17, 15) is 4.79 Å². The number of hydrogen-bond acceptors (Lipinski definition) is 6. The number of ether oxygens (including phenoxy) is 1. The summed E-state index contributed by atoms with van der Waals surface area (Å²) in [6.07, 6.45) is 4.88. The molecule has 0 spiro atoms. The van der Waals surface area contributed by atoms with Crippen molar-refractivity contribution in [1.82, 2.24) is 19.7 Å². The van der Waals surface area contributed by atoms with Gasteiger partial charge < -0.3 is 19.1 Å². The van der Waals surface area contributed by atoms with Gasteiger partial charge in [-0.1, -0.05) is 23.9 Å². The predicted molar refractivity (Wildman–Crippen MR) is 113 cm³/mol. The van der Waals surface area contributed by atoms with Gasteiger partial charge in [0.15, 0.2) is 5.16 Å². The molecule has 29 heavy (non-hydrogen) atoms. The van der Waals surface area contributed by atoms with Gasteiger partial charge >= 0.3 is 0 Å². The van der Waals surface area contributed by atoms with Gasteiger partial charge in [0.2, 0.25) is 5.91 Å². The summed E-state index contributed by atoms with van der Waals surface area (Å²) in [5, 5.41) is 9.77. The molecule has 0 radical (unpaired) electrons. The molecule has 0 bridgehead atoms. The first-order valence-electron chi connectivity index (χ1n) is 10.5. The van der Waals surface area contributed by atoms with Crippen molar-refractivity contribution in [1.29, 1.82) is 0 Å². The lowest BCUT2D eigenvalue weighted by molar-refractivity contribution is -0.128. The summed E-state index contributed by atoms with van der Waals surface area (Å²) in [7, 11) is 1.70. The number of rotatable bonds is 7. The molecular formula is C21H27N5O2S. The zero-order valence-electron chi connectivity index (χ0n) is 16.8. The Balaban J connectivity index is 1.17. The van der Waals surface area contributed by atoms with Crippen LogP contribution in [0.15, 0.2) is 29.4 Å². The number of methoxy groups -OCH3 is 1. The van der Waals surface area contributed by atoms with Crippen LogP contribution >= 0.6 is 11.8 Å². The largest absolute Gasteiger partial charge is 0.495 e. The maximum absolute atomic E-state index is 12.8. The van der Waals surface area contributed by atoms with Crippen LogP contribution in [0.3, 0.4) is 0 Å². The van der Waals surface area contributed by atoms with Crippen LogP contribution in [0.4, 0.5) is 5.69 Å². The minimum atomic E-state index is 0.188. The molecule has 5 rings (SSSR count). The zero-order valence-corrected chi connectivity index (χ0v) is 17.6. The van der Waals surface area contributed by atoms with Crippen LogP contribution in [-0.2, 0) is 4.79 Å². The van der Waals surface area contributed by atoms with Crippen molar-refractivity contribution in [3.05, 3.63) is 30.1 Å². The Bertz CT molecular complexity index is 885. The number of carbonyl (C=O) groups is 1. The minimum Gasteiger partial charge on any atom is -0.495 e. The Hall–Kier alpha value is -2.22. The number of carbonyl (C=O) groups excluding carboxylic acids is 1. The number of thioether (sulfide) groups is 1. The SMILES string of the molecule is COc1ccccc1N1CCN(C(=O)CSc2nnc(C3CC3)n2C2CC2)CC1. The molecule has 2 heterocycles. The van der Waals surface area contributed by atoms with Crippen LogP contribution < -0.4 is 9.64 Å². The molecule has 1 aromatic carbocycles. The average molecular weight is 414 g/mol. The standard InChI is InChI=1S/C21H27N5O2S/c1-28-18-5-3-2-4-17(18)24-10-12-25(13-11-24)19(27)14-29-21-23-22-20(15-6-7-15)26(21)16-8-9-16/h2-5,15-16H,6-14H2,1H3. The van der Waals surface area contributed by atoms with E-state index in [4.69, 9.17) is 4.74 Å². The lowest BCUT2D eigenvalue weighted by Gasteiger charge is -2.36. The molecule has 7 nitrogen and oxygen atoms in total. The van der Waals surface area contributed by atoms with Crippen LogP contribution in [-0.4, -0.2) is 64.6 Å². The Morgan fingerprint density at radius 2 is 1.86 bits per heavy atom. The molecule has 1 aliphatic heterocycles. The summed E-state index contributed by atoms with van der Waals surface area (Å²) in [5.74, 6) is 3.25. The summed E-state index contributed by atoms with van der Waals surface area (Å²) < 4.78 is 7.79. The predicted octanol–water partition coefficient (Wildman–Crippen LogP) is 2.94. The van der Waals surface area contributed by atoms with E-state index in [0.717, 1.165) is 48.6 Å². The van der Waals surface area contributed by atoms with E-state index in [2.05, 4.69) is 25.7 Å². The third-order valence-corrected chi connectivity index (χ3v) is 6.86. The second kappa shape index (κ2) is 7.89. The van der Waals surface area contributed by atoms with E-state index in [1.54, 1.807) is 18.9 Å². The van der Waals surface area contributed by atoms with Crippen LogP contribution in [0.5, 0.6) is 5.75 Å². The van der Waals surface area contributed by atoms with Gasteiger partial charge in [-0.15, -0.1) is 10.2 Å². The smallest absolute Gasteiger partial charge is 0.233 e. The topological polar surface area (TPSA) is 63.5 Å². The molecule has 3 aliphatic rings. The summed E-state index contributed by atoms with van der Waals surface area (Å²) >= 11 is 1.55. The van der Waals surface area contributed by atoms with Gasteiger partial charge in [-0.3, -0.25) is 4.79 Å². The second-order valence-electron chi connectivity index (χ2n) is 8.04. The van der Waals surface area contributed by atoms with Crippen molar-refractivity contribution in [3.8, 4) is 5.75 Å². The normalized spacial score (nSPS) is 19.5. The maximum Gasteiger partial charge on any atom is 0.233 e. The lowest BCUT2D eigenvalue weighted by Crippen LogP contribution is -2.49. The minimum absolute atomic E-state index is 0.188. The first kappa shape index (κ1) is 18.8. The number of aromatic nitrogens is 3. The number of piperazine rings is 1. The van der Waals surface area contributed by atoms with Gasteiger partial charge in [-0.05, 0) is 37.8 Å². The van der Waals surface area contributed by atoms with Gasteiger partial charge in [0, 0.05) is 38.1 Å². The fraction of sp³-hybridized carbons (Fsp3) is 0.571. The van der Waals surface area contributed by atoms with Crippen molar-refractivity contribution < 1.29 is 9.53 Å². The molecule has 2 saturated carbocycles. The van der Waals surface area contributed by atoms with Crippen LogP contribution in [0.2, 0.25) is 0 Å². The first-order chi connectivity index (χ1) is 14.2. The van der Waals surface area contributed by atoms with Crippen LogP contribution in [0, 0.1) is 0 Å². The van der Waals surface area contributed by atoms with E-state index >= 15 is 0 Å². The van der Waals surface area contributed by atoms with Gasteiger partial charge in [0.25, 0.3) is 0 Å². The maximum atomic E-state index is 12.8. The van der Waals surface area contributed by atoms with Gasteiger partial charge in [0.05, 0.1) is 18.6 Å². The second-order valence-corrected chi connectivity index (χ2v) is 8.99. The molecule has 154 valence electrons. The number of hydrogen-bond donors (Lipinski definition) is 0. The van der Waals surface area contributed by atoms with E-state index in [1.165, 1.54) is 25.7 Å². The average Bonchev–Trinajstić information content (AvgIpc) is 3.71. The number of nitrogens with zero attached hydrogens (tertiary/aromatic N) is 5. The molecule has 8 heteroatoms. The van der Waals surface area contributed by atoms with E-state index in [-0.39, 0.29) is 5.91 Å². The van der Waals surface area contributed by atoms with Crippen LogP contribution in [0.25, 0.3) is 0 Å². The summed E-state index contributed by atoms with van der Waals surface area (Å²) in [4.78, 5) is 17.1. The van der Waals surface area contributed by atoms with Crippen molar-refractivity contribution in [2.45, 2.75) is 42.8 Å². The third-order valence-electron chi connectivity index (χ3n) is 5.93. The van der Waals surface area contributed by atoms with Gasteiger partial charge in [-0.25, -0.2) is 0 Å². The van der Waals surface area contributed by atoms with E-state index in [0.29, 0.717) is 17.7 Å². The van der Waals surface area contributed by atoms with Crippen molar-refractivity contribution in [3.63, 3.8) is 0 Å². The third kappa shape index (κ3) is 3.95. The van der Waals surface area contributed by atoms with Crippen molar-refractivity contribution in [2.75, 3.05) is 43.9 Å². The Morgan fingerprint density at radius 3 is 2.55 bits per heavy atom. The molecule has 0 N–H and O–H groups in total. The molecular weight excluding hydrogens is 386 g/mol. The fourth-order valence-electron chi connectivity index (χ4n) is 3.99. The molecule has 1 aromatic heterocycles. The number of anilines is 1. The Labute approximate surface area is 175 Å². The highest BCUT2D eigenvalue weighted by atomic mass is 32.2. The number of benzene rings is 1. The van der Waals surface area contributed by atoms with Gasteiger partial charge in [0.1, 0.15) is 11.6 Å². The Morgan fingerprint density at radius 1 is 1.10 bits per heavy atom. The number of amides is 1. The summed E-state index contributed by atoms with van der Waals surface area (Å²) in [6.45, 7) is 3.11. The number of para-hydroxylation sites is 2. The highest BCUT2D eigenvalue weighted by molar-refractivity contribution is 7.99. The molecule has 1 amide bonds. The van der Waals surface area contributed by atoms with Gasteiger partial charge in [-0.2, -0.15) is 0 Å². The monoisotopic (exact) mass is 413 g/mol. The quantitative estimate of drug-likeness (QED) is 0.651. The highest BCUT2D eigenvalue weighted by Crippen LogP contribution is 2.46. The van der Waals surface area contributed by atoms with E-state index < -0.39 is 0 Å². The van der Waals surface area contributed by atoms with Crippen LogP contribution in [0.1, 0.15) is 43.5 Å². The molecule has 0 unspecified atom stereocenters. The molecule has 2 aliphatic carbocycles. The zero-order chi connectivity index (χ0) is 19.8. The molecule has 2 aromatic rings. The van der Waals surface area contributed by atoms with Crippen molar-refractivity contribution >= 4 is 23.4 Å². The summed E-state index contributed by atoms with van der Waals surface area (Å²) in [6, 6.07) is 8.62. The Kier molecular flexibility index (Phi) is 5.11. The van der Waals surface area contributed by atoms with E-state index in [1.807, 2.05) is 23.1 Å².